The summed E-state index contributed by atoms with van der Waals surface area (Å²) in [6.45, 7) is 11.5. The zero-order valence-electron chi connectivity index (χ0n) is 44.0. The maximum atomic E-state index is 15.8. The van der Waals surface area contributed by atoms with Gasteiger partial charge in [-0.1, -0.05) is 63.6 Å². The van der Waals surface area contributed by atoms with Crippen molar-refractivity contribution in [2.75, 3.05) is 62.0 Å². The van der Waals surface area contributed by atoms with E-state index in [0.717, 1.165) is 95.0 Å². The molecule has 4 atom stereocenters. The first-order valence-corrected chi connectivity index (χ1v) is 28.6. The summed E-state index contributed by atoms with van der Waals surface area (Å²) in [5, 5.41) is 16.9. The van der Waals surface area contributed by atoms with Crippen molar-refractivity contribution in [1.82, 2.24) is 39.7 Å². The SMILES string of the molecule is Cc1ncsc1-c1ccc(CNC(=O)[C@@H]2C[C@@H](O)CN2C(=O)[C@@H](NC(=O)CCCCCN2CCN(c3ccc(-c4cnc5[nH]cc(C(=O)c6c(F)ccc(NS(=O)(=O)N7CC[C@@H](F)C7)c6F)c5c4)cc3)CC2)C(C)(C)C)cc1. The molecule has 17 nitrogen and oxygen atoms in total. The van der Waals surface area contributed by atoms with Gasteiger partial charge in [-0.3, -0.25) is 28.8 Å². The van der Waals surface area contributed by atoms with Gasteiger partial charge in [-0.05, 0) is 85.2 Å². The molecule has 6 aromatic rings. The van der Waals surface area contributed by atoms with E-state index in [1.165, 1.54) is 11.1 Å². The number of benzene rings is 3. The number of rotatable bonds is 19. The highest BCUT2D eigenvalue weighted by Crippen LogP contribution is 2.33. The number of unbranched alkanes of at least 4 members (excludes halogenated alkanes) is 2. The quantitative estimate of drug-likeness (QED) is 0.0399. The molecule has 3 fully saturated rings. The van der Waals surface area contributed by atoms with Crippen LogP contribution in [0.5, 0.6) is 0 Å². The number of carbonyl (C=O) groups is 4. The molecule has 3 aromatic carbocycles. The molecule has 3 aliphatic rings. The standard InChI is InChI=1S/C56H65F3N10O7S2/c1-34-51(77-33-63-34)37-11-9-35(10-12-37)28-62-54(73)46-27-41(70)32-69(46)55(74)52(56(2,3)4)64-47(71)8-6-5-7-20-66-22-24-67(25-23-66)40-15-13-36(14-16-40)38-26-42-43(30-61-53(42)60-29-38)50(72)48-44(58)17-18-45(49(48)59)65-78(75,76)68-21-19-39(57)31-68/h9-18,26,29-30,33,39,41,46,52,65,70H,5-8,19-25,27-28,31-32H2,1-4H3,(H,60,61)(H,62,73)(H,64,71)/t39-,41-,46+,52-/m1/s1. The number of pyridine rings is 1. The minimum atomic E-state index is -4.37. The fraction of sp³-hybridized carbons (Fsp3) is 0.429. The van der Waals surface area contributed by atoms with Gasteiger partial charge < -0.3 is 30.5 Å². The summed E-state index contributed by atoms with van der Waals surface area (Å²) in [5.41, 5.74) is 5.18. The van der Waals surface area contributed by atoms with Crippen LogP contribution in [0.1, 0.15) is 86.5 Å². The number of piperazine rings is 1. The average Bonchev–Trinajstić information content (AvgIpc) is 4.25. The number of carbonyl (C=O) groups excluding carboxylic acids is 4. The van der Waals surface area contributed by atoms with Crippen LogP contribution in [-0.4, -0.2) is 143 Å². The summed E-state index contributed by atoms with van der Waals surface area (Å²) >= 11 is 1.57. The van der Waals surface area contributed by atoms with Crippen molar-refractivity contribution < 1.29 is 45.9 Å². The van der Waals surface area contributed by atoms with E-state index < -0.39 is 81.1 Å². The van der Waals surface area contributed by atoms with Crippen LogP contribution in [-0.2, 0) is 31.1 Å². The number of aromatic amines is 1. The fourth-order valence-corrected chi connectivity index (χ4v) is 12.4. The second-order valence-corrected chi connectivity index (χ2v) is 23.9. The molecule has 3 saturated heterocycles. The van der Waals surface area contributed by atoms with Crippen molar-refractivity contribution in [3.8, 4) is 21.6 Å². The van der Waals surface area contributed by atoms with E-state index in [0.29, 0.717) is 23.0 Å². The first-order chi connectivity index (χ1) is 37.2. The fourth-order valence-electron chi connectivity index (χ4n) is 10.3. The van der Waals surface area contributed by atoms with Gasteiger partial charge in [0.2, 0.25) is 23.5 Å². The Labute approximate surface area is 455 Å². The second kappa shape index (κ2) is 23.7. The molecule has 414 valence electrons. The van der Waals surface area contributed by atoms with Crippen LogP contribution in [0.2, 0.25) is 0 Å². The Kier molecular flexibility index (Phi) is 17.0. The highest BCUT2D eigenvalue weighted by molar-refractivity contribution is 7.90. The molecule has 6 heterocycles. The van der Waals surface area contributed by atoms with Crippen LogP contribution in [0.15, 0.2) is 84.6 Å². The van der Waals surface area contributed by atoms with Crippen molar-refractivity contribution in [2.24, 2.45) is 5.41 Å². The van der Waals surface area contributed by atoms with E-state index in [9.17, 15) is 37.1 Å². The molecule has 3 amide bonds. The number of nitrogens with zero attached hydrogens (tertiary/aromatic N) is 6. The number of anilines is 2. The van der Waals surface area contributed by atoms with Gasteiger partial charge in [-0.15, -0.1) is 11.3 Å². The molecule has 0 spiro atoms. The minimum Gasteiger partial charge on any atom is -0.391 e. The maximum Gasteiger partial charge on any atom is 0.301 e. The largest absolute Gasteiger partial charge is 0.391 e. The number of likely N-dealkylation sites (tertiary alicyclic amines) is 1. The van der Waals surface area contributed by atoms with Gasteiger partial charge in [-0.25, -0.2) is 23.1 Å². The molecule has 0 aliphatic carbocycles. The van der Waals surface area contributed by atoms with Crippen LogP contribution < -0.4 is 20.3 Å². The Hall–Kier alpha value is -6.72. The number of hydrogen-bond donors (Lipinski definition) is 5. The molecule has 3 aromatic heterocycles. The average molecular weight is 1110 g/mol. The molecule has 9 rings (SSSR count). The molecular formula is C56H65F3N10O7S2. The molecular weight excluding hydrogens is 1050 g/mol. The van der Waals surface area contributed by atoms with E-state index in [1.54, 1.807) is 23.6 Å². The van der Waals surface area contributed by atoms with Gasteiger partial charge in [0, 0.05) is 99.8 Å². The van der Waals surface area contributed by atoms with Gasteiger partial charge in [0.05, 0.1) is 33.4 Å². The van der Waals surface area contributed by atoms with E-state index >= 15 is 8.78 Å². The second-order valence-electron chi connectivity index (χ2n) is 21.4. The number of aromatic nitrogens is 3. The first-order valence-electron chi connectivity index (χ1n) is 26.3. The third-order valence-electron chi connectivity index (χ3n) is 14.8. The molecule has 78 heavy (non-hydrogen) atoms. The number of aryl methyl sites for hydroxylation is 1. The number of hydrogen-bond acceptors (Lipinski definition) is 12. The zero-order chi connectivity index (χ0) is 55.5. The summed E-state index contributed by atoms with van der Waals surface area (Å²) < 4.78 is 73.3. The van der Waals surface area contributed by atoms with Crippen molar-refractivity contribution >= 4 is 67.5 Å². The van der Waals surface area contributed by atoms with Crippen molar-refractivity contribution in [3.63, 3.8) is 0 Å². The Morgan fingerprint density at radius 1 is 0.897 bits per heavy atom. The number of alkyl halides is 1. The highest BCUT2D eigenvalue weighted by Gasteiger charge is 2.44. The van der Waals surface area contributed by atoms with E-state index in [-0.39, 0.29) is 56.3 Å². The molecule has 22 heteroatoms. The summed E-state index contributed by atoms with van der Waals surface area (Å²) in [6, 6.07) is 17.4. The lowest BCUT2D eigenvalue weighted by molar-refractivity contribution is -0.144. The zero-order valence-corrected chi connectivity index (χ0v) is 45.7. The maximum absolute atomic E-state index is 15.8. The normalized spacial score (nSPS) is 18.8. The predicted molar refractivity (Wildman–Crippen MR) is 294 cm³/mol. The third-order valence-corrected chi connectivity index (χ3v) is 17.3. The smallest absolute Gasteiger partial charge is 0.301 e. The lowest BCUT2D eigenvalue weighted by Crippen LogP contribution is -2.57. The first kappa shape index (κ1) is 56.0. The molecule has 0 unspecified atom stereocenters. The number of β-amino-alcohol motifs (C(OH)–C–C–N with tert-alkyl or cyclic N) is 1. The van der Waals surface area contributed by atoms with Gasteiger partial charge >= 0.3 is 10.2 Å². The summed E-state index contributed by atoms with van der Waals surface area (Å²) in [4.78, 5) is 73.6. The lowest BCUT2D eigenvalue weighted by atomic mass is 9.85. The molecule has 0 saturated carbocycles. The van der Waals surface area contributed by atoms with E-state index in [1.807, 2.05) is 86.5 Å². The Balaban J connectivity index is 0.719. The van der Waals surface area contributed by atoms with Crippen LogP contribution in [0, 0.1) is 24.0 Å². The predicted octanol–water partition coefficient (Wildman–Crippen LogP) is 7.36. The molecule has 3 aliphatic heterocycles. The number of H-pyrrole nitrogens is 1. The van der Waals surface area contributed by atoms with Gasteiger partial charge in [0.1, 0.15) is 29.7 Å². The van der Waals surface area contributed by atoms with Crippen LogP contribution in [0.4, 0.5) is 24.5 Å². The third kappa shape index (κ3) is 12.7. The Morgan fingerprint density at radius 2 is 1.63 bits per heavy atom. The summed E-state index contributed by atoms with van der Waals surface area (Å²) in [5.74, 6) is -4.59. The topological polar surface area (TPSA) is 213 Å². The van der Waals surface area contributed by atoms with E-state index in [4.69, 9.17) is 0 Å². The summed E-state index contributed by atoms with van der Waals surface area (Å²) in [7, 11) is -4.37. The van der Waals surface area contributed by atoms with Crippen molar-refractivity contribution in [2.45, 2.75) is 97.1 Å². The van der Waals surface area contributed by atoms with Gasteiger partial charge in [0.15, 0.2) is 5.82 Å². The van der Waals surface area contributed by atoms with Gasteiger partial charge in [0.25, 0.3) is 0 Å². The lowest BCUT2D eigenvalue weighted by Gasteiger charge is -2.36. The number of ketones is 1. The number of nitrogens with one attached hydrogen (secondary N) is 4. The number of aliphatic hydroxyl groups excluding tert-OH is 1. The van der Waals surface area contributed by atoms with Crippen LogP contribution in [0.3, 0.4) is 0 Å². The van der Waals surface area contributed by atoms with E-state index in [2.05, 4.69) is 35.4 Å². The Morgan fingerprint density at radius 3 is 2.31 bits per heavy atom. The minimum absolute atomic E-state index is 0.000579. The van der Waals surface area contributed by atoms with Crippen molar-refractivity contribution in [1.29, 1.82) is 0 Å². The van der Waals surface area contributed by atoms with Crippen molar-refractivity contribution in [3.05, 3.63) is 119 Å². The highest BCUT2D eigenvalue weighted by atomic mass is 32.2. The number of fused-ring (bicyclic) bond motifs is 1. The summed E-state index contributed by atoms with van der Waals surface area (Å²) in [6.07, 6.45) is 3.42. The van der Waals surface area contributed by atoms with Crippen LogP contribution in [0.25, 0.3) is 32.6 Å². The monoisotopic (exact) mass is 1110 g/mol. The number of thiazole rings is 1. The molecule has 0 bridgehead atoms. The van der Waals surface area contributed by atoms with Gasteiger partial charge in [-0.2, -0.15) is 12.7 Å². The van der Waals surface area contributed by atoms with Crippen LogP contribution >= 0.6 is 11.3 Å². The number of amides is 3. The molecule has 0 radical (unpaired) electrons. The molecule has 5 N–H and O–H groups in total. The number of halogens is 3. The number of aliphatic hydroxyl groups is 1. The Bertz CT molecular complexity index is 3270.